The molecule has 2 fully saturated rings. The molecule has 0 radical (unpaired) electrons. The smallest absolute Gasteiger partial charge is 0.294 e. The van der Waals surface area contributed by atoms with Gasteiger partial charge in [0.2, 0.25) is 17.4 Å². The second-order valence-corrected chi connectivity index (χ2v) is 9.24. The number of hydrogen-bond acceptors (Lipinski definition) is 3. The molecule has 6 nitrogen and oxygen atoms in total. The molecular formula is C24H32N3O3+. The summed E-state index contributed by atoms with van der Waals surface area (Å²) in [6.45, 7) is 10.9. The zero-order valence-corrected chi connectivity index (χ0v) is 18.1. The highest BCUT2D eigenvalue weighted by molar-refractivity contribution is 6.14. The molecule has 3 heterocycles. The summed E-state index contributed by atoms with van der Waals surface area (Å²) in [6, 6.07) is 7.63. The van der Waals surface area contributed by atoms with Crippen LogP contribution in [-0.4, -0.2) is 41.8 Å². The van der Waals surface area contributed by atoms with E-state index in [1.165, 1.54) is 4.90 Å². The van der Waals surface area contributed by atoms with E-state index in [0.29, 0.717) is 19.0 Å². The van der Waals surface area contributed by atoms with Gasteiger partial charge < -0.3 is 10.2 Å². The molecule has 4 atom stereocenters. The van der Waals surface area contributed by atoms with Crippen molar-refractivity contribution in [3.8, 4) is 0 Å². The fourth-order valence-corrected chi connectivity index (χ4v) is 5.78. The van der Waals surface area contributed by atoms with Gasteiger partial charge >= 0.3 is 0 Å². The van der Waals surface area contributed by atoms with Crippen LogP contribution >= 0.6 is 0 Å². The molecule has 0 aromatic heterocycles. The van der Waals surface area contributed by atoms with Gasteiger partial charge in [0.05, 0.1) is 5.69 Å². The molecule has 3 aliphatic rings. The van der Waals surface area contributed by atoms with Crippen molar-refractivity contribution in [1.29, 1.82) is 0 Å². The molecule has 160 valence electrons. The van der Waals surface area contributed by atoms with E-state index in [-0.39, 0.29) is 23.8 Å². The Bertz CT molecular complexity index is 895. The zero-order chi connectivity index (χ0) is 21.6. The molecule has 0 saturated carbocycles. The van der Waals surface area contributed by atoms with Crippen molar-refractivity contribution in [3.05, 3.63) is 42.5 Å². The fraction of sp³-hybridized carbons (Fsp3) is 0.542. The topological polar surface area (TPSA) is 74.3 Å². The van der Waals surface area contributed by atoms with E-state index in [1.54, 1.807) is 11.0 Å². The first-order valence-electron chi connectivity index (χ1n) is 11.1. The summed E-state index contributed by atoms with van der Waals surface area (Å²) in [5, 5.41) is 2.06. The van der Waals surface area contributed by atoms with Gasteiger partial charge in [0, 0.05) is 25.1 Å². The molecule has 1 aromatic rings. The van der Waals surface area contributed by atoms with Crippen LogP contribution in [0, 0.1) is 17.8 Å². The number of nitrogens with two attached hydrogens (primary N) is 1. The minimum Gasteiger partial charge on any atom is -0.326 e. The van der Waals surface area contributed by atoms with E-state index in [4.69, 9.17) is 0 Å². The number of anilines is 1. The first kappa shape index (κ1) is 20.8. The Morgan fingerprint density at radius 2 is 1.90 bits per heavy atom. The number of imide groups is 1. The molecule has 2 N–H and O–H groups in total. The van der Waals surface area contributed by atoms with Crippen molar-refractivity contribution < 1.29 is 19.7 Å². The number of unbranched alkanes of at least 4 members (excludes halogenated alkanes) is 1. The second-order valence-electron chi connectivity index (χ2n) is 9.24. The molecule has 6 heteroatoms. The summed E-state index contributed by atoms with van der Waals surface area (Å²) < 4.78 is 0. The summed E-state index contributed by atoms with van der Waals surface area (Å²) in [4.78, 5) is 44.1. The summed E-state index contributed by atoms with van der Waals surface area (Å²) >= 11 is 0. The van der Waals surface area contributed by atoms with Crippen molar-refractivity contribution >= 4 is 23.4 Å². The predicted octanol–water partition coefficient (Wildman–Crippen LogP) is 1.81. The van der Waals surface area contributed by atoms with Gasteiger partial charge in [-0.3, -0.25) is 19.3 Å². The lowest BCUT2D eigenvalue weighted by molar-refractivity contribution is -0.734. The van der Waals surface area contributed by atoms with Crippen LogP contribution in [0.3, 0.4) is 0 Å². The van der Waals surface area contributed by atoms with Crippen LogP contribution in [0.5, 0.6) is 0 Å². The highest BCUT2D eigenvalue weighted by atomic mass is 16.2. The van der Waals surface area contributed by atoms with E-state index >= 15 is 0 Å². The van der Waals surface area contributed by atoms with Crippen molar-refractivity contribution in [2.45, 2.75) is 51.6 Å². The molecule has 30 heavy (non-hydrogen) atoms. The van der Waals surface area contributed by atoms with Gasteiger partial charge in [-0.2, -0.15) is 0 Å². The maximum atomic E-state index is 13.9. The van der Waals surface area contributed by atoms with Crippen LogP contribution in [0.1, 0.15) is 45.6 Å². The minimum atomic E-state index is -1.06. The van der Waals surface area contributed by atoms with Crippen molar-refractivity contribution in [2.75, 3.05) is 18.0 Å². The maximum absolute atomic E-state index is 13.9. The van der Waals surface area contributed by atoms with Gasteiger partial charge in [0.15, 0.2) is 0 Å². The van der Waals surface area contributed by atoms with Crippen LogP contribution in [0.2, 0.25) is 0 Å². The first-order chi connectivity index (χ1) is 14.4. The maximum Gasteiger partial charge on any atom is 0.294 e. The van der Waals surface area contributed by atoms with Crippen molar-refractivity contribution in [3.63, 3.8) is 0 Å². The summed E-state index contributed by atoms with van der Waals surface area (Å²) in [5.74, 6) is -1.09. The largest absolute Gasteiger partial charge is 0.326 e. The SMILES string of the molecule is C=CCN1C(=O)[C@@]2([NH2+][C@@H](CC(C)C)[C@@H]3C(=O)N(CCCC)C(=O)[C@H]32)c2ccccc21. The highest BCUT2D eigenvalue weighted by Gasteiger charge is 2.75. The lowest BCUT2D eigenvalue weighted by Crippen LogP contribution is -2.99. The Labute approximate surface area is 178 Å². The summed E-state index contributed by atoms with van der Waals surface area (Å²) in [7, 11) is 0. The van der Waals surface area contributed by atoms with E-state index in [2.05, 4.69) is 25.7 Å². The number of benzene rings is 1. The van der Waals surface area contributed by atoms with Crippen LogP contribution in [0.15, 0.2) is 36.9 Å². The molecule has 0 unspecified atom stereocenters. The van der Waals surface area contributed by atoms with E-state index in [1.807, 2.05) is 31.2 Å². The number of quaternary nitrogens is 1. The van der Waals surface area contributed by atoms with Gasteiger partial charge in [-0.15, -0.1) is 6.58 Å². The number of rotatable bonds is 7. The normalized spacial score (nSPS) is 30.0. The quantitative estimate of drug-likeness (QED) is 0.550. The number of carbonyl (C=O) groups excluding carboxylic acids is 3. The van der Waals surface area contributed by atoms with Crippen LogP contribution < -0.4 is 10.2 Å². The molecule has 0 bridgehead atoms. The van der Waals surface area contributed by atoms with Gasteiger partial charge in [-0.25, -0.2) is 0 Å². The first-order valence-corrected chi connectivity index (χ1v) is 11.1. The van der Waals surface area contributed by atoms with E-state index in [0.717, 1.165) is 30.5 Å². The van der Waals surface area contributed by atoms with Gasteiger partial charge in [0.1, 0.15) is 17.9 Å². The number of para-hydroxylation sites is 1. The van der Waals surface area contributed by atoms with Crippen LogP contribution in [-0.2, 0) is 19.9 Å². The number of nitrogens with zero attached hydrogens (tertiary/aromatic N) is 2. The van der Waals surface area contributed by atoms with E-state index < -0.39 is 17.4 Å². The van der Waals surface area contributed by atoms with Gasteiger partial charge in [-0.05, 0) is 18.4 Å². The van der Waals surface area contributed by atoms with Gasteiger partial charge in [0.25, 0.3) is 5.91 Å². The Hall–Kier alpha value is -2.47. The minimum absolute atomic E-state index is 0.0845. The molecule has 2 saturated heterocycles. The lowest BCUT2D eigenvalue weighted by atomic mass is 9.76. The zero-order valence-electron chi connectivity index (χ0n) is 18.1. The fourth-order valence-electron chi connectivity index (χ4n) is 5.78. The predicted molar refractivity (Wildman–Crippen MR) is 114 cm³/mol. The molecule has 3 amide bonds. The molecular weight excluding hydrogens is 378 g/mol. The molecule has 1 aromatic carbocycles. The van der Waals surface area contributed by atoms with Crippen molar-refractivity contribution in [2.24, 2.45) is 17.8 Å². The Morgan fingerprint density at radius 3 is 2.57 bits per heavy atom. The molecule has 4 rings (SSSR count). The third-order valence-electron chi connectivity index (χ3n) is 6.90. The number of hydrogen-bond donors (Lipinski definition) is 1. The lowest BCUT2D eigenvalue weighted by Gasteiger charge is -2.27. The third kappa shape index (κ3) is 2.77. The Morgan fingerprint density at radius 1 is 1.17 bits per heavy atom. The monoisotopic (exact) mass is 410 g/mol. The average molecular weight is 411 g/mol. The molecule has 1 spiro atoms. The van der Waals surface area contributed by atoms with Crippen LogP contribution in [0.25, 0.3) is 0 Å². The van der Waals surface area contributed by atoms with E-state index in [9.17, 15) is 14.4 Å². The Kier molecular flexibility index (Phi) is 5.30. The second kappa shape index (κ2) is 7.65. The number of carbonyl (C=O) groups is 3. The number of likely N-dealkylation sites (tertiary alicyclic amines) is 1. The number of fused-ring (bicyclic) bond motifs is 4. The summed E-state index contributed by atoms with van der Waals surface area (Å²) in [5.41, 5.74) is 0.629. The Balaban J connectivity index is 1.85. The molecule has 0 aliphatic carbocycles. The van der Waals surface area contributed by atoms with Crippen molar-refractivity contribution in [1.82, 2.24) is 4.90 Å². The molecule has 3 aliphatic heterocycles. The summed E-state index contributed by atoms with van der Waals surface area (Å²) in [6.07, 6.45) is 4.20. The van der Waals surface area contributed by atoms with Crippen LogP contribution in [0.4, 0.5) is 5.69 Å². The third-order valence-corrected chi connectivity index (χ3v) is 6.90. The average Bonchev–Trinajstić information content (AvgIpc) is 3.26. The van der Waals surface area contributed by atoms with Gasteiger partial charge in [-0.1, -0.05) is 51.5 Å². The number of amides is 3. The highest BCUT2D eigenvalue weighted by Crippen LogP contribution is 2.51. The standard InChI is InChI=1S/C24H31N3O3/c1-5-7-13-27-21(28)19-17(14-15(3)4)25-24(20(19)22(27)29)16-10-8-9-11-18(16)26(12-6-2)23(24)30/h6,8-11,15,17,19-20,25H,2,5,7,12-14H2,1,3-4H3/p+1/t17-,19-,20-,24+/m0/s1.